The fraction of sp³-hybridized carbons (Fsp3) is 0.455. The molecule has 0 fully saturated rings. The van der Waals surface area contributed by atoms with Gasteiger partial charge in [0, 0.05) is 23.2 Å². The van der Waals surface area contributed by atoms with Gasteiger partial charge in [0.25, 0.3) is 0 Å². The smallest absolute Gasteiger partial charge is 0.138 e. The van der Waals surface area contributed by atoms with E-state index in [0.717, 1.165) is 5.56 Å². The van der Waals surface area contributed by atoms with Gasteiger partial charge in [-0.15, -0.1) is 0 Å². The van der Waals surface area contributed by atoms with Gasteiger partial charge in [0.05, 0.1) is 12.1 Å². The lowest BCUT2D eigenvalue weighted by Gasteiger charge is -2.17. The van der Waals surface area contributed by atoms with Crippen molar-refractivity contribution in [1.82, 2.24) is 0 Å². The number of ether oxygens (including phenoxy) is 1. The van der Waals surface area contributed by atoms with Gasteiger partial charge in [-0.2, -0.15) is 0 Å². The summed E-state index contributed by atoms with van der Waals surface area (Å²) in [6.45, 7) is 1.90. The van der Waals surface area contributed by atoms with Crippen LogP contribution in [0.15, 0.2) is 12.1 Å². The van der Waals surface area contributed by atoms with Gasteiger partial charge >= 0.3 is 0 Å². The predicted octanol–water partition coefficient (Wildman–Crippen LogP) is 2.74. The molecular formula is C11H16Cl2N2O. The molecule has 0 aliphatic carbocycles. The number of rotatable bonds is 4. The SMILES string of the molecule is COc1cc(Cl)c(C(N)CC(C)N)cc1Cl. The van der Waals surface area contributed by atoms with E-state index in [1.54, 1.807) is 19.2 Å². The third-order valence-electron chi connectivity index (χ3n) is 2.30. The van der Waals surface area contributed by atoms with Crippen LogP contribution >= 0.6 is 23.2 Å². The molecule has 0 saturated heterocycles. The molecule has 90 valence electrons. The largest absolute Gasteiger partial charge is 0.495 e. The van der Waals surface area contributed by atoms with Gasteiger partial charge in [-0.1, -0.05) is 23.2 Å². The summed E-state index contributed by atoms with van der Waals surface area (Å²) >= 11 is 12.1. The summed E-state index contributed by atoms with van der Waals surface area (Å²) in [6, 6.07) is 3.21. The maximum atomic E-state index is 6.10. The first kappa shape index (κ1) is 13.6. The fourth-order valence-electron chi connectivity index (χ4n) is 1.51. The molecular weight excluding hydrogens is 247 g/mol. The summed E-state index contributed by atoms with van der Waals surface area (Å²) in [5.74, 6) is 0.545. The molecule has 0 radical (unpaired) electrons. The number of halogens is 2. The lowest BCUT2D eigenvalue weighted by molar-refractivity contribution is 0.414. The molecule has 0 bridgehead atoms. The molecule has 0 heterocycles. The van der Waals surface area contributed by atoms with Crippen molar-refractivity contribution in [2.75, 3.05) is 7.11 Å². The maximum Gasteiger partial charge on any atom is 0.138 e. The molecule has 0 aromatic heterocycles. The van der Waals surface area contributed by atoms with E-state index in [2.05, 4.69) is 0 Å². The normalized spacial score (nSPS) is 14.6. The Hall–Kier alpha value is -0.480. The molecule has 1 aromatic carbocycles. The number of benzene rings is 1. The fourth-order valence-corrected chi connectivity index (χ4v) is 2.06. The van der Waals surface area contributed by atoms with Gasteiger partial charge in [-0.25, -0.2) is 0 Å². The van der Waals surface area contributed by atoms with E-state index in [-0.39, 0.29) is 12.1 Å². The summed E-state index contributed by atoms with van der Waals surface area (Å²) < 4.78 is 5.06. The zero-order valence-electron chi connectivity index (χ0n) is 9.34. The monoisotopic (exact) mass is 262 g/mol. The molecule has 3 nitrogen and oxygen atoms in total. The van der Waals surface area contributed by atoms with E-state index < -0.39 is 0 Å². The van der Waals surface area contributed by atoms with Crippen molar-refractivity contribution < 1.29 is 4.74 Å². The minimum atomic E-state index is -0.212. The minimum absolute atomic E-state index is 0.0203. The Morgan fingerprint density at radius 2 is 1.88 bits per heavy atom. The molecule has 0 amide bonds. The van der Waals surface area contributed by atoms with E-state index in [1.807, 2.05) is 6.92 Å². The third kappa shape index (κ3) is 3.25. The van der Waals surface area contributed by atoms with E-state index >= 15 is 0 Å². The molecule has 0 spiro atoms. The van der Waals surface area contributed by atoms with Crippen LogP contribution in [0.4, 0.5) is 0 Å². The molecule has 0 aliphatic rings. The van der Waals surface area contributed by atoms with Crippen LogP contribution in [0, 0.1) is 0 Å². The quantitative estimate of drug-likeness (QED) is 0.878. The van der Waals surface area contributed by atoms with Crippen LogP contribution < -0.4 is 16.2 Å². The topological polar surface area (TPSA) is 61.3 Å². The van der Waals surface area contributed by atoms with Crippen LogP contribution in [0.25, 0.3) is 0 Å². The van der Waals surface area contributed by atoms with Gasteiger partial charge in [-0.05, 0) is 25.0 Å². The number of methoxy groups -OCH3 is 1. The van der Waals surface area contributed by atoms with Crippen molar-refractivity contribution in [3.05, 3.63) is 27.7 Å². The van der Waals surface area contributed by atoms with Gasteiger partial charge < -0.3 is 16.2 Å². The van der Waals surface area contributed by atoms with Gasteiger partial charge in [0.15, 0.2) is 0 Å². The lowest BCUT2D eigenvalue weighted by Crippen LogP contribution is -2.23. The molecule has 16 heavy (non-hydrogen) atoms. The highest BCUT2D eigenvalue weighted by molar-refractivity contribution is 6.34. The van der Waals surface area contributed by atoms with E-state index in [1.165, 1.54) is 0 Å². The summed E-state index contributed by atoms with van der Waals surface area (Å²) in [4.78, 5) is 0. The predicted molar refractivity (Wildman–Crippen MR) is 68.2 cm³/mol. The second-order valence-corrected chi connectivity index (χ2v) is 4.64. The first-order chi connectivity index (χ1) is 7.45. The zero-order valence-corrected chi connectivity index (χ0v) is 10.8. The highest BCUT2D eigenvalue weighted by Crippen LogP contribution is 2.34. The van der Waals surface area contributed by atoms with E-state index in [0.29, 0.717) is 22.2 Å². The molecule has 2 atom stereocenters. The number of hydrogen-bond acceptors (Lipinski definition) is 3. The van der Waals surface area contributed by atoms with Crippen LogP contribution in [0.3, 0.4) is 0 Å². The van der Waals surface area contributed by atoms with Crippen LogP contribution in [0.5, 0.6) is 5.75 Å². The highest BCUT2D eigenvalue weighted by atomic mass is 35.5. The van der Waals surface area contributed by atoms with Crippen LogP contribution in [-0.2, 0) is 0 Å². The molecule has 0 aliphatic heterocycles. The molecule has 5 heteroatoms. The third-order valence-corrected chi connectivity index (χ3v) is 2.92. The van der Waals surface area contributed by atoms with Crippen LogP contribution in [0.2, 0.25) is 10.0 Å². The van der Waals surface area contributed by atoms with Gasteiger partial charge in [0.1, 0.15) is 5.75 Å². The summed E-state index contributed by atoms with van der Waals surface area (Å²) in [5.41, 5.74) is 12.5. The van der Waals surface area contributed by atoms with Crippen molar-refractivity contribution in [1.29, 1.82) is 0 Å². The van der Waals surface area contributed by atoms with Crippen molar-refractivity contribution in [3.8, 4) is 5.75 Å². The molecule has 0 saturated carbocycles. The van der Waals surface area contributed by atoms with Crippen molar-refractivity contribution in [2.45, 2.75) is 25.4 Å². The number of nitrogens with two attached hydrogens (primary N) is 2. The van der Waals surface area contributed by atoms with Crippen molar-refractivity contribution in [2.24, 2.45) is 11.5 Å². The average molecular weight is 263 g/mol. The summed E-state index contributed by atoms with van der Waals surface area (Å²) in [5, 5.41) is 1.05. The Morgan fingerprint density at radius 1 is 1.25 bits per heavy atom. The second-order valence-electron chi connectivity index (χ2n) is 3.83. The first-order valence-corrected chi connectivity index (χ1v) is 5.75. The Bertz CT molecular complexity index is 369. The zero-order chi connectivity index (χ0) is 12.3. The number of hydrogen-bond donors (Lipinski definition) is 2. The van der Waals surface area contributed by atoms with Crippen LogP contribution in [-0.4, -0.2) is 13.2 Å². The second kappa shape index (κ2) is 5.73. The van der Waals surface area contributed by atoms with Crippen molar-refractivity contribution >= 4 is 23.2 Å². The Kier molecular flexibility index (Phi) is 4.87. The summed E-state index contributed by atoms with van der Waals surface area (Å²) in [7, 11) is 1.54. The van der Waals surface area contributed by atoms with Gasteiger partial charge in [0.2, 0.25) is 0 Å². The minimum Gasteiger partial charge on any atom is -0.495 e. The average Bonchev–Trinajstić information content (AvgIpc) is 2.19. The van der Waals surface area contributed by atoms with E-state index in [9.17, 15) is 0 Å². The first-order valence-electron chi connectivity index (χ1n) is 4.99. The highest BCUT2D eigenvalue weighted by Gasteiger charge is 2.15. The Morgan fingerprint density at radius 3 is 2.38 bits per heavy atom. The molecule has 4 N–H and O–H groups in total. The van der Waals surface area contributed by atoms with E-state index in [4.69, 9.17) is 39.4 Å². The maximum absolute atomic E-state index is 6.10. The van der Waals surface area contributed by atoms with Crippen LogP contribution in [0.1, 0.15) is 24.9 Å². The Balaban J connectivity index is 3.01. The molecule has 1 rings (SSSR count). The Labute approximate surface area is 106 Å². The van der Waals surface area contributed by atoms with Crippen molar-refractivity contribution in [3.63, 3.8) is 0 Å². The van der Waals surface area contributed by atoms with Gasteiger partial charge in [-0.3, -0.25) is 0 Å². The standard InChI is InChI=1S/C11H16Cl2N2O/c1-6(14)3-10(15)7-4-9(13)11(16-2)5-8(7)12/h4-6,10H,3,14-15H2,1-2H3. The molecule has 2 unspecified atom stereocenters. The molecule has 1 aromatic rings. The summed E-state index contributed by atoms with van der Waals surface area (Å²) in [6.07, 6.45) is 0.655. The lowest BCUT2D eigenvalue weighted by atomic mass is 10.0.